The van der Waals surface area contributed by atoms with Crippen LogP contribution in [0.4, 0.5) is 5.69 Å². The number of methoxy groups -OCH3 is 1. The highest BCUT2D eigenvalue weighted by Crippen LogP contribution is 2.21. The molecule has 0 radical (unpaired) electrons. The average molecular weight is 327 g/mol. The van der Waals surface area contributed by atoms with Crippen LogP contribution in [0, 0.1) is 0 Å². The third kappa shape index (κ3) is 4.57. The maximum absolute atomic E-state index is 12.1. The number of carbonyl (C=O) groups is 2. The van der Waals surface area contributed by atoms with Crippen LogP contribution >= 0.6 is 0 Å². The molecular weight excluding hydrogens is 310 g/mol. The maximum Gasteiger partial charge on any atom is 0.271 e. The largest absolute Gasteiger partial charge is 0.507 e. The number of anilines is 1. The van der Waals surface area contributed by atoms with Crippen molar-refractivity contribution in [1.82, 2.24) is 5.43 Å². The summed E-state index contributed by atoms with van der Waals surface area (Å²) in [5, 5.41) is 16.1. The molecule has 124 valence electrons. The number of nitrogens with zero attached hydrogens (tertiary/aromatic N) is 1. The summed E-state index contributed by atoms with van der Waals surface area (Å²) < 4.78 is 5.06. The van der Waals surface area contributed by atoms with Crippen LogP contribution in [0.2, 0.25) is 0 Å². The molecule has 0 spiro atoms. The zero-order valence-corrected chi connectivity index (χ0v) is 13.2. The molecule has 0 aromatic heterocycles. The molecule has 0 fully saturated rings. The van der Waals surface area contributed by atoms with Gasteiger partial charge in [-0.05, 0) is 36.4 Å². The van der Waals surface area contributed by atoms with Gasteiger partial charge in [0.1, 0.15) is 11.5 Å². The van der Waals surface area contributed by atoms with E-state index in [4.69, 9.17) is 4.74 Å². The summed E-state index contributed by atoms with van der Waals surface area (Å²) >= 11 is 0. The monoisotopic (exact) mass is 327 g/mol. The summed E-state index contributed by atoms with van der Waals surface area (Å²) in [6.07, 6.45) is 1.31. The number of ether oxygens (including phenoxy) is 1. The van der Waals surface area contributed by atoms with Crippen molar-refractivity contribution < 1.29 is 19.4 Å². The lowest BCUT2D eigenvalue weighted by Gasteiger charge is -2.05. The van der Waals surface area contributed by atoms with Gasteiger partial charge < -0.3 is 15.2 Å². The Bertz CT molecular complexity index is 787. The third-order valence-electron chi connectivity index (χ3n) is 3.05. The van der Waals surface area contributed by atoms with Crippen molar-refractivity contribution in [1.29, 1.82) is 0 Å². The highest BCUT2D eigenvalue weighted by Gasteiger charge is 2.06. The van der Waals surface area contributed by atoms with Crippen molar-refractivity contribution in [3.63, 3.8) is 0 Å². The maximum atomic E-state index is 12.1. The van der Waals surface area contributed by atoms with Gasteiger partial charge in [-0.3, -0.25) is 9.59 Å². The minimum Gasteiger partial charge on any atom is -0.507 e. The second kappa shape index (κ2) is 7.77. The number of nitrogens with one attached hydrogen (secondary N) is 2. The van der Waals surface area contributed by atoms with E-state index in [1.165, 1.54) is 32.4 Å². The van der Waals surface area contributed by atoms with Gasteiger partial charge in [-0.25, -0.2) is 5.43 Å². The van der Waals surface area contributed by atoms with Crippen LogP contribution < -0.4 is 15.5 Å². The Morgan fingerprint density at radius 1 is 1.21 bits per heavy atom. The number of amides is 2. The second-order valence-corrected chi connectivity index (χ2v) is 4.89. The van der Waals surface area contributed by atoms with Gasteiger partial charge >= 0.3 is 0 Å². The topological polar surface area (TPSA) is 100 Å². The Balaban J connectivity index is 2.06. The van der Waals surface area contributed by atoms with Crippen LogP contribution in [0.15, 0.2) is 47.6 Å². The van der Waals surface area contributed by atoms with Crippen LogP contribution in [0.3, 0.4) is 0 Å². The first-order valence-corrected chi connectivity index (χ1v) is 7.07. The minimum absolute atomic E-state index is 0.0152. The SMILES string of the molecule is COc1ccc(O)c(/C=N\NC(=O)c2cccc(NC(C)=O)c2)c1. The van der Waals surface area contributed by atoms with Gasteiger partial charge in [0, 0.05) is 23.7 Å². The van der Waals surface area contributed by atoms with Crippen molar-refractivity contribution in [2.45, 2.75) is 6.92 Å². The van der Waals surface area contributed by atoms with E-state index in [-0.39, 0.29) is 11.7 Å². The number of carbonyl (C=O) groups excluding carboxylic acids is 2. The predicted molar refractivity (Wildman–Crippen MR) is 90.5 cm³/mol. The quantitative estimate of drug-likeness (QED) is 0.578. The molecule has 24 heavy (non-hydrogen) atoms. The molecule has 0 aliphatic carbocycles. The Kier molecular flexibility index (Phi) is 5.51. The number of hydrazone groups is 1. The van der Waals surface area contributed by atoms with Gasteiger partial charge in [-0.15, -0.1) is 0 Å². The van der Waals surface area contributed by atoms with Crippen molar-refractivity contribution in [2.75, 3.05) is 12.4 Å². The summed E-state index contributed by atoms with van der Waals surface area (Å²) in [5.74, 6) is -0.0926. The molecule has 0 saturated carbocycles. The highest BCUT2D eigenvalue weighted by atomic mass is 16.5. The molecule has 2 aromatic rings. The number of hydrogen-bond acceptors (Lipinski definition) is 5. The van der Waals surface area contributed by atoms with Crippen molar-refractivity contribution >= 4 is 23.7 Å². The molecule has 7 nitrogen and oxygen atoms in total. The van der Waals surface area contributed by atoms with E-state index >= 15 is 0 Å². The van der Waals surface area contributed by atoms with E-state index < -0.39 is 5.91 Å². The Morgan fingerprint density at radius 3 is 2.71 bits per heavy atom. The molecule has 2 aromatic carbocycles. The molecule has 0 aliphatic rings. The van der Waals surface area contributed by atoms with E-state index in [1.54, 1.807) is 30.3 Å². The Labute approximate surface area is 139 Å². The lowest BCUT2D eigenvalue weighted by molar-refractivity contribution is -0.114. The number of phenols is 1. The number of rotatable bonds is 5. The Morgan fingerprint density at radius 2 is 2.00 bits per heavy atom. The van der Waals surface area contributed by atoms with Gasteiger partial charge in [0.05, 0.1) is 13.3 Å². The fourth-order valence-electron chi connectivity index (χ4n) is 1.93. The van der Waals surface area contributed by atoms with E-state index in [2.05, 4.69) is 15.8 Å². The molecule has 0 bridgehead atoms. The Hall–Kier alpha value is -3.35. The third-order valence-corrected chi connectivity index (χ3v) is 3.05. The normalized spacial score (nSPS) is 10.4. The van der Waals surface area contributed by atoms with Gasteiger partial charge in [0.2, 0.25) is 5.91 Å². The first kappa shape index (κ1) is 17.0. The first-order chi connectivity index (χ1) is 11.5. The van der Waals surface area contributed by atoms with Crippen LogP contribution in [0.1, 0.15) is 22.8 Å². The van der Waals surface area contributed by atoms with E-state index in [1.807, 2.05) is 0 Å². The van der Waals surface area contributed by atoms with Gasteiger partial charge in [0.15, 0.2) is 0 Å². The molecule has 0 saturated heterocycles. The number of aromatic hydroxyl groups is 1. The van der Waals surface area contributed by atoms with E-state index in [9.17, 15) is 14.7 Å². The molecule has 0 unspecified atom stereocenters. The lowest BCUT2D eigenvalue weighted by atomic mass is 10.2. The minimum atomic E-state index is -0.444. The molecule has 0 aliphatic heterocycles. The average Bonchev–Trinajstić information content (AvgIpc) is 2.56. The van der Waals surface area contributed by atoms with E-state index in [0.717, 1.165) is 0 Å². The molecule has 2 rings (SSSR count). The summed E-state index contributed by atoms with van der Waals surface area (Å²) in [6.45, 7) is 1.39. The number of phenolic OH excluding ortho intramolecular Hbond substituents is 1. The van der Waals surface area contributed by atoms with Gasteiger partial charge in [0.25, 0.3) is 5.91 Å². The molecule has 7 heteroatoms. The summed E-state index contributed by atoms with van der Waals surface area (Å²) in [6, 6.07) is 11.1. The summed E-state index contributed by atoms with van der Waals surface area (Å²) in [7, 11) is 1.51. The summed E-state index contributed by atoms with van der Waals surface area (Å²) in [5.41, 5.74) is 3.62. The van der Waals surface area contributed by atoms with Crippen molar-refractivity contribution in [2.24, 2.45) is 5.10 Å². The molecule has 0 heterocycles. The summed E-state index contributed by atoms with van der Waals surface area (Å²) in [4.78, 5) is 23.1. The highest BCUT2D eigenvalue weighted by molar-refractivity contribution is 5.97. The fraction of sp³-hybridized carbons (Fsp3) is 0.118. The van der Waals surface area contributed by atoms with Gasteiger partial charge in [-0.2, -0.15) is 5.10 Å². The molecule has 3 N–H and O–H groups in total. The smallest absolute Gasteiger partial charge is 0.271 e. The van der Waals surface area contributed by atoms with Crippen LogP contribution in [0.25, 0.3) is 0 Å². The standard InChI is InChI=1S/C17H17N3O4/c1-11(21)19-14-5-3-4-12(8-14)17(23)20-18-10-13-9-15(24-2)6-7-16(13)22/h3-10,22H,1-2H3,(H,19,21)(H,20,23)/b18-10-. The fourth-order valence-corrected chi connectivity index (χ4v) is 1.93. The van der Waals surface area contributed by atoms with Crippen LogP contribution in [-0.2, 0) is 4.79 Å². The van der Waals surface area contributed by atoms with Crippen LogP contribution in [-0.4, -0.2) is 30.2 Å². The predicted octanol–water partition coefficient (Wildman–Crippen LogP) is 2.12. The first-order valence-electron chi connectivity index (χ1n) is 7.07. The van der Waals surface area contributed by atoms with Crippen LogP contribution in [0.5, 0.6) is 11.5 Å². The van der Waals surface area contributed by atoms with E-state index in [0.29, 0.717) is 22.6 Å². The molecule has 0 atom stereocenters. The number of benzene rings is 2. The number of hydrogen-bond donors (Lipinski definition) is 3. The van der Waals surface area contributed by atoms with Gasteiger partial charge in [-0.1, -0.05) is 6.07 Å². The van der Waals surface area contributed by atoms with Crippen molar-refractivity contribution in [3.8, 4) is 11.5 Å². The zero-order chi connectivity index (χ0) is 17.5. The van der Waals surface area contributed by atoms with Crippen molar-refractivity contribution in [3.05, 3.63) is 53.6 Å². The molecular formula is C17H17N3O4. The molecule has 2 amide bonds. The second-order valence-electron chi connectivity index (χ2n) is 4.89. The zero-order valence-electron chi connectivity index (χ0n) is 13.2. The lowest BCUT2D eigenvalue weighted by Crippen LogP contribution is -2.18.